The first kappa shape index (κ1) is 31.7. The molecule has 4 heterocycles. The van der Waals surface area contributed by atoms with Gasteiger partial charge in [-0.3, -0.25) is 4.57 Å². The zero-order valence-electron chi connectivity index (χ0n) is 29.8. The largest absolute Gasteiger partial charge is 0.456 e. The van der Waals surface area contributed by atoms with Gasteiger partial charge in [0.15, 0.2) is 29.1 Å². The summed E-state index contributed by atoms with van der Waals surface area (Å²) in [5, 5.41) is 4.20. The highest BCUT2D eigenvalue weighted by Gasteiger charge is 2.19. The van der Waals surface area contributed by atoms with E-state index in [1.165, 1.54) is 0 Å². The zero-order valence-corrected chi connectivity index (χ0v) is 29.8. The van der Waals surface area contributed by atoms with Crippen molar-refractivity contribution >= 4 is 43.7 Å². The number of rotatable bonds is 6. The molecule has 0 aliphatic heterocycles. The zero-order chi connectivity index (χ0) is 37.0. The smallest absolute Gasteiger partial charge is 0.238 e. The van der Waals surface area contributed by atoms with Crippen molar-refractivity contribution in [2.75, 3.05) is 0 Å². The molecule has 262 valence electrons. The van der Waals surface area contributed by atoms with Crippen molar-refractivity contribution in [3.05, 3.63) is 176 Å². The Balaban J connectivity index is 1.05. The predicted octanol–water partition coefficient (Wildman–Crippen LogP) is 11.4. The first-order chi connectivity index (χ1) is 27.7. The van der Waals surface area contributed by atoms with Gasteiger partial charge >= 0.3 is 0 Å². The highest BCUT2D eigenvalue weighted by molar-refractivity contribution is 6.09. The number of furan rings is 1. The lowest BCUT2D eigenvalue weighted by atomic mass is 10.1. The number of fused-ring (bicyclic) bond motifs is 6. The Morgan fingerprint density at radius 3 is 1.29 bits per heavy atom. The van der Waals surface area contributed by atoms with Gasteiger partial charge in [-0.05, 0) is 42.5 Å². The van der Waals surface area contributed by atoms with Crippen molar-refractivity contribution in [3.8, 4) is 62.9 Å². The van der Waals surface area contributed by atoms with Crippen molar-refractivity contribution in [1.29, 1.82) is 0 Å². The Labute approximate surface area is 320 Å². The minimum atomic E-state index is 0.551. The molecule has 0 unspecified atom stereocenters. The molecule has 11 rings (SSSR count). The molecule has 0 N–H and O–H groups in total. The predicted molar refractivity (Wildman–Crippen MR) is 222 cm³/mol. The monoisotopic (exact) mass is 719 g/mol. The molecule has 8 heteroatoms. The topological polar surface area (TPSA) is 95.4 Å². The summed E-state index contributed by atoms with van der Waals surface area (Å²) in [7, 11) is 0. The van der Waals surface area contributed by atoms with Crippen LogP contribution in [-0.2, 0) is 0 Å². The second kappa shape index (κ2) is 12.9. The van der Waals surface area contributed by atoms with E-state index >= 15 is 0 Å². The third-order valence-electron chi connectivity index (χ3n) is 10.1. The molecule has 0 aliphatic rings. The van der Waals surface area contributed by atoms with Gasteiger partial charge in [0, 0.05) is 49.4 Å². The molecule has 8 nitrogen and oxygen atoms in total. The van der Waals surface area contributed by atoms with Crippen molar-refractivity contribution in [2.45, 2.75) is 0 Å². The third-order valence-corrected chi connectivity index (χ3v) is 10.1. The number of aromatic nitrogens is 7. The summed E-state index contributed by atoms with van der Waals surface area (Å²) in [5.74, 6) is 3.49. The van der Waals surface area contributed by atoms with Crippen LogP contribution in [-0.4, -0.2) is 34.5 Å². The molecule has 0 atom stereocenters. The molecule has 0 saturated carbocycles. The van der Waals surface area contributed by atoms with E-state index in [0.29, 0.717) is 35.1 Å². The fraction of sp³-hybridized carbons (Fsp3) is 0. The molecule has 4 aromatic heterocycles. The molecule has 0 amide bonds. The summed E-state index contributed by atoms with van der Waals surface area (Å²) in [6.07, 6.45) is 0. The van der Waals surface area contributed by atoms with Crippen LogP contribution in [0.3, 0.4) is 0 Å². The van der Waals surface area contributed by atoms with Gasteiger partial charge in [0.05, 0.1) is 11.0 Å². The lowest BCUT2D eigenvalue weighted by Gasteiger charge is -2.11. The van der Waals surface area contributed by atoms with E-state index in [4.69, 9.17) is 34.3 Å². The first-order valence-corrected chi connectivity index (χ1v) is 18.4. The first-order valence-electron chi connectivity index (χ1n) is 18.4. The highest BCUT2D eigenvalue weighted by Crippen LogP contribution is 2.36. The van der Waals surface area contributed by atoms with Crippen molar-refractivity contribution < 1.29 is 4.42 Å². The molecule has 0 bridgehead atoms. The Hall–Kier alpha value is -7.84. The van der Waals surface area contributed by atoms with Crippen LogP contribution >= 0.6 is 0 Å². The van der Waals surface area contributed by atoms with Gasteiger partial charge in [0.1, 0.15) is 11.2 Å². The van der Waals surface area contributed by atoms with Crippen LogP contribution < -0.4 is 0 Å². The summed E-state index contributed by atoms with van der Waals surface area (Å²) in [5.41, 5.74) is 7.96. The van der Waals surface area contributed by atoms with Crippen LogP contribution in [0.25, 0.3) is 107 Å². The van der Waals surface area contributed by atoms with Crippen LogP contribution in [0, 0.1) is 0 Å². The molecule has 0 aliphatic carbocycles. The molecular formula is C48H29N7O. The van der Waals surface area contributed by atoms with Crippen LogP contribution in [0.2, 0.25) is 0 Å². The van der Waals surface area contributed by atoms with E-state index in [1.807, 2.05) is 127 Å². The number of nitrogens with zero attached hydrogens (tertiary/aromatic N) is 7. The van der Waals surface area contributed by atoms with Crippen LogP contribution in [0.4, 0.5) is 0 Å². The summed E-state index contributed by atoms with van der Waals surface area (Å²) in [6, 6.07) is 58.9. The maximum Gasteiger partial charge on any atom is 0.238 e. The Morgan fingerprint density at radius 1 is 0.304 bits per heavy atom. The minimum Gasteiger partial charge on any atom is -0.456 e. The minimum absolute atomic E-state index is 0.551. The Bertz CT molecular complexity index is 3140. The lowest BCUT2D eigenvalue weighted by Crippen LogP contribution is -2.06. The van der Waals surface area contributed by atoms with Gasteiger partial charge in [-0.15, -0.1) is 0 Å². The maximum atomic E-state index is 6.48. The van der Waals surface area contributed by atoms with Crippen molar-refractivity contribution in [3.63, 3.8) is 0 Å². The maximum absolute atomic E-state index is 6.48. The van der Waals surface area contributed by atoms with Crippen LogP contribution in [0.15, 0.2) is 180 Å². The molecule has 0 saturated heterocycles. The van der Waals surface area contributed by atoms with Gasteiger partial charge < -0.3 is 4.42 Å². The highest BCUT2D eigenvalue weighted by atomic mass is 16.3. The van der Waals surface area contributed by atoms with E-state index < -0.39 is 0 Å². The standard InChI is InChI=1S/C48H29N7O/c1-4-14-30(15-5-1)43-49-44(31-16-6-2-7-17-31)51-46(50-43)34-24-26-37-38-28-33(25-27-41(38)56-42(37)29-34)47-52-45(32-18-8-3-9-19-32)53-48(54-47)55-39-22-12-10-20-35(39)36-21-11-13-23-40(36)55/h1-29H. The summed E-state index contributed by atoms with van der Waals surface area (Å²) < 4.78 is 8.61. The molecule has 0 fully saturated rings. The van der Waals surface area contributed by atoms with Gasteiger partial charge in [0.2, 0.25) is 5.95 Å². The van der Waals surface area contributed by atoms with E-state index in [-0.39, 0.29) is 0 Å². The molecule has 7 aromatic carbocycles. The van der Waals surface area contributed by atoms with Gasteiger partial charge in [-0.25, -0.2) is 19.9 Å². The average Bonchev–Trinajstić information content (AvgIpc) is 3.82. The van der Waals surface area contributed by atoms with E-state index in [1.54, 1.807) is 0 Å². The average molecular weight is 720 g/mol. The van der Waals surface area contributed by atoms with Crippen molar-refractivity contribution in [1.82, 2.24) is 34.5 Å². The molecule has 0 radical (unpaired) electrons. The molecular weight excluding hydrogens is 691 g/mol. The van der Waals surface area contributed by atoms with Gasteiger partial charge in [-0.2, -0.15) is 9.97 Å². The molecule has 56 heavy (non-hydrogen) atoms. The van der Waals surface area contributed by atoms with Gasteiger partial charge in [-0.1, -0.05) is 133 Å². The SMILES string of the molecule is c1ccc(-c2nc(-c3ccccc3)nc(-c3ccc4c(c3)oc3ccc(-c5nc(-c6ccccc6)nc(-n6c7ccccc7c7ccccc76)n5)cc34)n2)cc1. The summed E-state index contributed by atoms with van der Waals surface area (Å²) in [6.45, 7) is 0. The van der Waals surface area contributed by atoms with Gasteiger partial charge in [0.25, 0.3) is 0 Å². The second-order valence-electron chi connectivity index (χ2n) is 13.6. The summed E-state index contributed by atoms with van der Waals surface area (Å²) >= 11 is 0. The Morgan fingerprint density at radius 2 is 0.732 bits per heavy atom. The second-order valence-corrected chi connectivity index (χ2v) is 13.6. The van der Waals surface area contributed by atoms with Crippen LogP contribution in [0.5, 0.6) is 0 Å². The fourth-order valence-electron chi connectivity index (χ4n) is 7.44. The number of hydrogen-bond acceptors (Lipinski definition) is 7. The van der Waals surface area contributed by atoms with E-state index in [9.17, 15) is 0 Å². The fourth-order valence-corrected chi connectivity index (χ4v) is 7.44. The number of hydrogen-bond donors (Lipinski definition) is 0. The Kier molecular flexibility index (Phi) is 7.31. The quantitative estimate of drug-likeness (QED) is 0.169. The summed E-state index contributed by atoms with van der Waals surface area (Å²) in [4.78, 5) is 30.0. The van der Waals surface area contributed by atoms with Crippen LogP contribution in [0.1, 0.15) is 0 Å². The van der Waals surface area contributed by atoms with E-state index in [0.717, 1.165) is 71.6 Å². The molecule has 0 spiro atoms. The normalized spacial score (nSPS) is 11.6. The lowest BCUT2D eigenvalue weighted by molar-refractivity contribution is 0.669. The number of para-hydroxylation sites is 2. The van der Waals surface area contributed by atoms with Crippen molar-refractivity contribution in [2.24, 2.45) is 0 Å². The van der Waals surface area contributed by atoms with E-state index in [2.05, 4.69) is 53.1 Å². The number of benzene rings is 7. The third kappa shape index (κ3) is 5.39. The molecule has 11 aromatic rings.